The normalized spacial score (nSPS) is 15.4. The molecule has 0 fully saturated rings. The van der Waals surface area contributed by atoms with Crippen molar-refractivity contribution in [1.82, 2.24) is 0 Å². The van der Waals surface area contributed by atoms with E-state index in [1.807, 2.05) is 0 Å². The van der Waals surface area contributed by atoms with Crippen LogP contribution in [-0.2, 0) is 4.79 Å². The maximum atomic E-state index is 12.3. The van der Waals surface area contributed by atoms with Gasteiger partial charge in [-0.25, -0.2) is 0 Å². The number of benzene rings is 2. The fourth-order valence-corrected chi connectivity index (χ4v) is 2.35. The van der Waals surface area contributed by atoms with Gasteiger partial charge >= 0.3 is 0 Å². The minimum absolute atomic E-state index is 0.217. The smallest absolute Gasteiger partial charge is 0.265 e. The molecule has 1 atom stereocenters. The quantitative estimate of drug-likeness (QED) is 0.821. The van der Waals surface area contributed by atoms with Crippen molar-refractivity contribution in [2.24, 2.45) is 0 Å². The highest BCUT2D eigenvalue weighted by molar-refractivity contribution is 6.05. The lowest BCUT2D eigenvalue weighted by molar-refractivity contribution is -0.122. The van der Waals surface area contributed by atoms with Gasteiger partial charge in [0.25, 0.3) is 11.8 Å². The first-order valence-corrected chi connectivity index (χ1v) is 7.83. The van der Waals surface area contributed by atoms with Gasteiger partial charge in [0, 0.05) is 11.3 Å². The van der Waals surface area contributed by atoms with Gasteiger partial charge in [0.15, 0.2) is 6.10 Å². The third kappa shape index (κ3) is 3.80. The monoisotopic (exact) mass is 338 g/mol. The molecule has 6 nitrogen and oxygen atoms in total. The van der Waals surface area contributed by atoms with Crippen molar-refractivity contribution in [3.8, 4) is 11.5 Å². The molecule has 2 aromatic rings. The van der Waals surface area contributed by atoms with E-state index in [-0.39, 0.29) is 11.8 Å². The molecule has 1 aliphatic heterocycles. The van der Waals surface area contributed by atoms with Gasteiger partial charge in [-0.05, 0) is 49.4 Å². The molecule has 2 N–H and O–H groups in total. The van der Waals surface area contributed by atoms with Crippen LogP contribution in [0.25, 0.3) is 0 Å². The van der Waals surface area contributed by atoms with Crippen LogP contribution >= 0.6 is 0 Å². The van der Waals surface area contributed by atoms with Crippen molar-refractivity contribution in [2.75, 3.05) is 17.2 Å². The van der Waals surface area contributed by atoms with Crippen LogP contribution in [0.2, 0.25) is 0 Å². The van der Waals surface area contributed by atoms with Gasteiger partial charge < -0.3 is 20.1 Å². The van der Waals surface area contributed by atoms with Crippen LogP contribution in [0.5, 0.6) is 11.5 Å². The van der Waals surface area contributed by atoms with Crippen molar-refractivity contribution >= 4 is 23.2 Å². The van der Waals surface area contributed by atoms with E-state index in [0.29, 0.717) is 35.0 Å². The second-order valence-corrected chi connectivity index (χ2v) is 5.54. The molecule has 3 rings (SSSR count). The predicted molar refractivity (Wildman–Crippen MR) is 95.2 cm³/mol. The number of rotatable bonds is 5. The summed E-state index contributed by atoms with van der Waals surface area (Å²) in [6, 6.07) is 11.9. The Bertz CT molecular complexity index is 815. The molecule has 1 unspecified atom stereocenters. The summed E-state index contributed by atoms with van der Waals surface area (Å²) in [5.74, 6) is 0.769. The zero-order valence-corrected chi connectivity index (χ0v) is 13.7. The van der Waals surface area contributed by atoms with Gasteiger partial charge in [-0.3, -0.25) is 9.59 Å². The Hall–Kier alpha value is -3.28. The van der Waals surface area contributed by atoms with E-state index in [1.54, 1.807) is 55.5 Å². The molecule has 0 spiro atoms. The molecule has 0 saturated carbocycles. The molecule has 0 aliphatic carbocycles. The van der Waals surface area contributed by atoms with Gasteiger partial charge in [0.1, 0.15) is 18.1 Å². The van der Waals surface area contributed by atoms with Gasteiger partial charge in [-0.1, -0.05) is 12.7 Å². The SMILES string of the molecule is C=CCOc1ccc(C(=O)Nc2ccc3c(c2)NC(=O)C(C)O3)cc1. The Labute approximate surface area is 145 Å². The first-order valence-electron chi connectivity index (χ1n) is 7.83. The second kappa shape index (κ2) is 7.09. The third-order valence-corrected chi connectivity index (χ3v) is 3.65. The topological polar surface area (TPSA) is 76.7 Å². The average Bonchev–Trinajstić information content (AvgIpc) is 2.61. The minimum atomic E-state index is -0.533. The Balaban J connectivity index is 1.70. The lowest BCUT2D eigenvalue weighted by atomic mass is 10.1. The zero-order chi connectivity index (χ0) is 17.8. The second-order valence-electron chi connectivity index (χ2n) is 5.54. The van der Waals surface area contributed by atoms with E-state index in [0.717, 1.165) is 0 Å². The number of carbonyl (C=O) groups excluding carboxylic acids is 2. The number of carbonyl (C=O) groups is 2. The zero-order valence-electron chi connectivity index (χ0n) is 13.7. The predicted octanol–water partition coefficient (Wildman–Crippen LogP) is 3.22. The van der Waals surface area contributed by atoms with Crippen molar-refractivity contribution in [3.05, 3.63) is 60.7 Å². The van der Waals surface area contributed by atoms with E-state index in [9.17, 15) is 9.59 Å². The molecule has 2 aromatic carbocycles. The molecule has 25 heavy (non-hydrogen) atoms. The van der Waals surface area contributed by atoms with Crippen LogP contribution in [0.1, 0.15) is 17.3 Å². The van der Waals surface area contributed by atoms with E-state index >= 15 is 0 Å². The largest absolute Gasteiger partial charge is 0.490 e. The van der Waals surface area contributed by atoms with E-state index in [2.05, 4.69) is 17.2 Å². The molecule has 0 bridgehead atoms. The first kappa shape index (κ1) is 16.6. The molecular weight excluding hydrogens is 320 g/mol. The molecule has 0 saturated heterocycles. The summed E-state index contributed by atoms with van der Waals surface area (Å²) in [6.45, 7) is 5.67. The molecule has 1 heterocycles. The third-order valence-electron chi connectivity index (χ3n) is 3.65. The highest BCUT2D eigenvalue weighted by atomic mass is 16.5. The Morgan fingerprint density at radius 2 is 2.08 bits per heavy atom. The van der Waals surface area contributed by atoms with Crippen LogP contribution in [0, 0.1) is 0 Å². The number of anilines is 2. The molecule has 0 radical (unpaired) electrons. The van der Waals surface area contributed by atoms with Crippen molar-refractivity contribution in [1.29, 1.82) is 0 Å². The molecule has 128 valence electrons. The summed E-state index contributed by atoms with van der Waals surface area (Å²) in [4.78, 5) is 24.0. The molecule has 6 heteroatoms. The van der Waals surface area contributed by atoms with E-state index in [4.69, 9.17) is 9.47 Å². The summed E-state index contributed by atoms with van der Waals surface area (Å²) in [6.07, 6.45) is 1.12. The maximum absolute atomic E-state index is 12.3. The Morgan fingerprint density at radius 3 is 2.80 bits per heavy atom. The van der Waals surface area contributed by atoms with Gasteiger partial charge in [0.05, 0.1) is 5.69 Å². The number of fused-ring (bicyclic) bond motifs is 1. The van der Waals surface area contributed by atoms with Crippen LogP contribution < -0.4 is 20.1 Å². The van der Waals surface area contributed by atoms with Crippen LogP contribution in [0.3, 0.4) is 0 Å². The summed E-state index contributed by atoms with van der Waals surface area (Å²) in [5.41, 5.74) is 1.60. The molecule has 0 aromatic heterocycles. The summed E-state index contributed by atoms with van der Waals surface area (Å²) < 4.78 is 10.9. The average molecular weight is 338 g/mol. The Morgan fingerprint density at radius 1 is 1.32 bits per heavy atom. The lowest BCUT2D eigenvalue weighted by Crippen LogP contribution is -2.34. The molecular formula is C19H18N2O4. The van der Waals surface area contributed by atoms with Crippen LogP contribution in [0.4, 0.5) is 11.4 Å². The number of amides is 2. The minimum Gasteiger partial charge on any atom is -0.490 e. The van der Waals surface area contributed by atoms with Crippen LogP contribution in [-0.4, -0.2) is 24.5 Å². The maximum Gasteiger partial charge on any atom is 0.265 e. The molecule has 2 amide bonds. The molecule has 1 aliphatic rings. The summed E-state index contributed by atoms with van der Waals surface area (Å²) >= 11 is 0. The van der Waals surface area contributed by atoms with Crippen molar-refractivity contribution < 1.29 is 19.1 Å². The highest BCUT2D eigenvalue weighted by Crippen LogP contribution is 2.32. The van der Waals surface area contributed by atoms with Gasteiger partial charge in [-0.2, -0.15) is 0 Å². The van der Waals surface area contributed by atoms with Crippen LogP contribution in [0.15, 0.2) is 55.1 Å². The number of hydrogen-bond donors (Lipinski definition) is 2. The standard InChI is InChI=1S/C19H18N2O4/c1-3-10-24-15-7-4-13(5-8-15)19(23)20-14-6-9-17-16(11-14)21-18(22)12(2)25-17/h3-9,11-12H,1,10H2,2H3,(H,20,23)(H,21,22). The van der Waals surface area contributed by atoms with Crippen molar-refractivity contribution in [2.45, 2.75) is 13.0 Å². The fraction of sp³-hybridized carbons (Fsp3) is 0.158. The van der Waals surface area contributed by atoms with E-state index in [1.165, 1.54) is 0 Å². The highest BCUT2D eigenvalue weighted by Gasteiger charge is 2.23. The lowest BCUT2D eigenvalue weighted by Gasteiger charge is -2.23. The first-order chi connectivity index (χ1) is 12.1. The summed E-state index contributed by atoms with van der Waals surface area (Å²) in [7, 11) is 0. The van der Waals surface area contributed by atoms with Gasteiger partial charge in [-0.15, -0.1) is 0 Å². The number of ether oxygens (including phenoxy) is 2. The fourth-order valence-electron chi connectivity index (χ4n) is 2.35. The number of nitrogens with one attached hydrogen (secondary N) is 2. The summed E-state index contributed by atoms with van der Waals surface area (Å²) in [5, 5.41) is 5.54. The van der Waals surface area contributed by atoms with Crippen molar-refractivity contribution in [3.63, 3.8) is 0 Å². The number of hydrogen-bond acceptors (Lipinski definition) is 4. The van der Waals surface area contributed by atoms with Gasteiger partial charge in [0.2, 0.25) is 0 Å². The Kier molecular flexibility index (Phi) is 4.70. The van der Waals surface area contributed by atoms with E-state index < -0.39 is 6.10 Å².